The van der Waals surface area contributed by atoms with Crippen molar-refractivity contribution in [3.05, 3.63) is 25.0 Å². The van der Waals surface area contributed by atoms with E-state index in [1.54, 1.807) is 12.3 Å². The summed E-state index contributed by atoms with van der Waals surface area (Å²) >= 11 is 0. The van der Waals surface area contributed by atoms with Gasteiger partial charge >= 0.3 is 6.16 Å². The standard InChI is InChI=1S/C10H14O4/c1-2-5-12-6-3-4-9-7-13-10(11)14-8-9/h2-3,6,9H,1,4-5,7-8H2/b6-3+. The van der Waals surface area contributed by atoms with E-state index in [-0.39, 0.29) is 5.92 Å². The second-order valence-electron chi connectivity index (χ2n) is 2.97. The maximum atomic E-state index is 10.5. The van der Waals surface area contributed by atoms with Crippen molar-refractivity contribution in [2.24, 2.45) is 5.92 Å². The molecule has 1 heterocycles. The van der Waals surface area contributed by atoms with Gasteiger partial charge in [0.2, 0.25) is 0 Å². The molecule has 0 amide bonds. The van der Waals surface area contributed by atoms with Gasteiger partial charge in [-0.2, -0.15) is 0 Å². The summed E-state index contributed by atoms with van der Waals surface area (Å²) in [5, 5.41) is 0. The summed E-state index contributed by atoms with van der Waals surface area (Å²) in [5.74, 6) is 0.233. The highest BCUT2D eigenvalue weighted by atomic mass is 16.7. The van der Waals surface area contributed by atoms with Gasteiger partial charge < -0.3 is 14.2 Å². The molecule has 0 aromatic rings. The zero-order valence-corrected chi connectivity index (χ0v) is 7.98. The van der Waals surface area contributed by atoms with Gasteiger partial charge in [0.05, 0.1) is 6.26 Å². The van der Waals surface area contributed by atoms with Gasteiger partial charge in [-0.05, 0) is 12.5 Å². The maximum Gasteiger partial charge on any atom is 0.508 e. The average Bonchev–Trinajstić information content (AvgIpc) is 2.21. The first kappa shape index (κ1) is 10.6. The van der Waals surface area contributed by atoms with E-state index in [1.165, 1.54) is 0 Å². The van der Waals surface area contributed by atoms with Crippen LogP contribution in [0.25, 0.3) is 0 Å². The lowest BCUT2D eigenvalue weighted by Crippen LogP contribution is -2.26. The first-order valence-corrected chi connectivity index (χ1v) is 4.50. The Morgan fingerprint density at radius 3 is 2.86 bits per heavy atom. The molecular formula is C10H14O4. The predicted octanol–water partition coefficient (Wildman–Crippen LogP) is 1.88. The van der Waals surface area contributed by atoms with Crippen LogP contribution in [-0.2, 0) is 14.2 Å². The summed E-state index contributed by atoms with van der Waals surface area (Å²) in [6.07, 6.45) is 5.39. The maximum absolute atomic E-state index is 10.5. The Labute approximate surface area is 83.1 Å². The van der Waals surface area contributed by atoms with E-state index in [0.29, 0.717) is 19.8 Å². The SMILES string of the molecule is C=CCO/C=C/CC1COC(=O)OC1. The molecule has 4 nitrogen and oxygen atoms in total. The Bertz CT molecular complexity index is 212. The Morgan fingerprint density at radius 2 is 2.21 bits per heavy atom. The lowest BCUT2D eigenvalue weighted by atomic mass is 10.1. The summed E-state index contributed by atoms with van der Waals surface area (Å²) in [6.45, 7) is 4.87. The van der Waals surface area contributed by atoms with Gasteiger partial charge in [-0.25, -0.2) is 4.79 Å². The van der Waals surface area contributed by atoms with Gasteiger partial charge in [0.1, 0.15) is 19.8 Å². The van der Waals surface area contributed by atoms with Crippen molar-refractivity contribution in [3.8, 4) is 0 Å². The molecule has 0 bridgehead atoms. The highest BCUT2D eigenvalue weighted by Gasteiger charge is 2.19. The molecule has 0 N–H and O–H groups in total. The summed E-state index contributed by atoms with van der Waals surface area (Å²) in [4.78, 5) is 10.5. The molecule has 0 spiro atoms. The Balaban J connectivity index is 2.09. The van der Waals surface area contributed by atoms with Crippen molar-refractivity contribution < 1.29 is 19.0 Å². The fourth-order valence-corrected chi connectivity index (χ4v) is 1.04. The van der Waals surface area contributed by atoms with Crippen LogP contribution < -0.4 is 0 Å². The average molecular weight is 198 g/mol. The van der Waals surface area contributed by atoms with Gasteiger partial charge in [-0.3, -0.25) is 0 Å². The minimum atomic E-state index is -0.576. The predicted molar refractivity (Wildman–Crippen MR) is 50.7 cm³/mol. The summed E-state index contributed by atoms with van der Waals surface area (Å²) < 4.78 is 14.5. The normalized spacial score (nSPS) is 17.6. The molecule has 0 aromatic carbocycles. The molecule has 1 aliphatic heterocycles. The highest BCUT2D eigenvalue weighted by Crippen LogP contribution is 2.11. The van der Waals surface area contributed by atoms with Crippen LogP contribution in [-0.4, -0.2) is 26.0 Å². The van der Waals surface area contributed by atoms with E-state index < -0.39 is 6.16 Å². The molecule has 0 saturated carbocycles. The van der Waals surface area contributed by atoms with Crippen LogP contribution in [0.4, 0.5) is 4.79 Å². The largest absolute Gasteiger partial charge is 0.508 e. The number of hydrogen-bond donors (Lipinski definition) is 0. The molecule has 4 heteroatoms. The minimum Gasteiger partial charge on any atom is -0.497 e. The number of rotatable bonds is 5. The fraction of sp³-hybridized carbons (Fsp3) is 0.500. The second kappa shape index (κ2) is 6.07. The van der Waals surface area contributed by atoms with Crippen LogP contribution in [0.1, 0.15) is 6.42 Å². The molecule has 78 valence electrons. The van der Waals surface area contributed by atoms with Crippen LogP contribution in [0, 0.1) is 5.92 Å². The van der Waals surface area contributed by atoms with Crippen LogP contribution in [0.2, 0.25) is 0 Å². The Hall–Kier alpha value is -1.45. The van der Waals surface area contributed by atoms with Crippen molar-refractivity contribution in [3.63, 3.8) is 0 Å². The zero-order chi connectivity index (χ0) is 10.2. The van der Waals surface area contributed by atoms with E-state index in [4.69, 9.17) is 14.2 Å². The van der Waals surface area contributed by atoms with Crippen LogP contribution in [0.15, 0.2) is 25.0 Å². The van der Waals surface area contributed by atoms with Gasteiger partial charge in [0.25, 0.3) is 0 Å². The summed E-state index contributed by atoms with van der Waals surface area (Å²) in [5.41, 5.74) is 0. The van der Waals surface area contributed by atoms with Gasteiger partial charge in [0.15, 0.2) is 0 Å². The molecule has 14 heavy (non-hydrogen) atoms. The molecular weight excluding hydrogens is 184 g/mol. The number of cyclic esters (lactones) is 2. The molecule has 1 saturated heterocycles. The van der Waals surface area contributed by atoms with Crippen molar-refractivity contribution in [1.82, 2.24) is 0 Å². The molecule has 0 aromatic heterocycles. The third-order valence-corrected chi connectivity index (χ3v) is 1.75. The van der Waals surface area contributed by atoms with Crippen molar-refractivity contribution in [2.75, 3.05) is 19.8 Å². The molecule has 0 atom stereocenters. The molecule has 1 fully saturated rings. The van der Waals surface area contributed by atoms with Gasteiger partial charge in [0, 0.05) is 5.92 Å². The molecule has 1 rings (SSSR count). The smallest absolute Gasteiger partial charge is 0.497 e. The summed E-state index contributed by atoms with van der Waals surface area (Å²) in [7, 11) is 0. The Kier molecular flexibility index (Phi) is 4.61. The van der Waals surface area contributed by atoms with Crippen molar-refractivity contribution >= 4 is 6.16 Å². The highest BCUT2D eigenvalue weighted by molar-refractivity contribution is 5.60. The van der Waals surface area contributed by atoms with Crippen molar-refractivity contribution in [2.45, 2.75) is 6.42 Å². The number of carbonyl (C=O) groups excluding carboxylic acids is 1. The van der Waals surface area contributed by atoms with E-state index in [1.807, 2.05) is 6.08 Å². The fourth-order valence-electron chi connectivity index (χ4n) is 1.04. The van der Waals surface area contributed by atoms with E-state index in [2.05, 4.69) is 6.58 Å². The number of hydrogen-bond acceptors (Lipinski definition) is 4. The topological polar surface area (TPSA) is 44.8 Å². The van der Waals surface area contributed by atoms with Crippen molar-refractivity contribution in [1.29, 1.82) is 0 Å². The third kappa shape index (κ3) is 3.98. The number of allylic oxidation sites excluding steroid dienone is 1. The van der Waals surface area contributed by atoms with E-state index in [0.717, 1.165) is 6.42 Å². The monoisotopic (exact) mass is 198 g/mol. The Morgan fingerprint density at radius 1 is 1.50 bits per heavy atom. The van der Waals surface area contributed by atoms with Crippen LogP contribution >= 0.6 is 0 Å². The summed E-state index contributed by atoms with van der Waals surface area (Å²) in [6, 6.07) is 0. The number of ether oxygens (including phenoxy) is 3. The second-order valence-corrected chi connectivity index (χ2v) is 2.97. The first-order valence-electron chi connectivity index (χ1n) is 4.50. The molecule has 0 aliphatic carbocycles. The molecule has 0 radical (unpaired) electrons. The quantitative estimate of drug-likeness (QED) is 0.293. The first-order chi connectivity index (χ1) is 6.83. The lowest BCUT2D eigenvalue weighted by molar-refractivity contribution is -0.0111. The van der Waals surface area contributed by atoms with E-state index >= 15 is 0 Å². The third-order valence-electron chi connectivity index (χ3n) is 1.75. The van der Waals surface area contributed by atoms with Gasteiger partial charge in [-0.1, -0.05) is 12.7 Å². The molecule has 1 aliphatic rings. The number of carbonyl (C=O) groups is 1. The van der Waals surface area contributed by atoms with E-state index in [9.17, 15) is 4.79 Å². The zero-order valence-electron chi connectivity index (χ0n) is 7.98. The lowest BCUT2D eigenvalue weighted by Gasteiger charge is -2.20. The van der Waals surface area contributed by atoms with Crippen LogP contribution in [0.5, 0.6) is 0 Å². The minimum absolute atomic E-state index is 0.233. The molecule has 0 unspecified atom stereocenters. The van der Waals surface area contributed by atoms with Gasteiger partial charge in [-0.15, -0.1) is 0 Å². The van der Waals surface area contributed by atoms with Crippen LogP contribution in [0.3, 0.4) is 0 Å².